The summed E-state index contributed by atoms with van der Waals surface area (Å²) in [6.45, 7) is 2.02. The fraction of sp³-hybridized carbons (Fsp3) is 0.357. The molecule has 3 rings (SSSR count). The van der Waals surface area contributed by atoms with Gasteiger partial charge in [-0.1, -0.05) is 11.3 Å². The number of thiazole rings is 1. The average Bonchev–Trinajstić information content (AvgIpc) is 3.00. The van der Waals surface area contributed by atoms with Crippen molar-refractivity contribution in [2.75, 3.05) is 12.8 Å². The first-order chi connectivity index (χ1) is 9.58. The third kappa shape index (κ3) is 2.21. The number of aromatic nitrogens is 1. The molecule has 1 aliphatic rings. The molecule has 0 saturated carbocycles. The van der Waals surface area contributed by atoms with Gasteiger partial charge in [-0.05, 0) is 19.1 Å². The molecule has 2 atom stereocenters. The van der Waals surface area contributed by atoms with Crippen molar-refractivity contribution in [3.8, 4) is 11.5 Å². The maximum Gasteiger partial charge on any atom is 0.180 e. The number of nitrogen functional groups attached to an aromatic ring is 1. The molecule has 0 fully saturated rings. The SMILES string of the molecule is COc1cc2c(cc1C(O)c1cnc(N)s1)OC(C)C2. The van der Waals surface area contributed by atoms with Crippen LogP contribution in [0.1, 0.15) is 29.0 Å². The van der Waals surface area contributed by atoms with Gasteiger partial charge in [0, 0.05) is 23.7 Å². The van der Waals surface area contributed by atoms with Crippen LogP contribution in [0.15, 0.2) is 18.3 Å². The van der Waals surface area contributed by atoms with E-state index >= 15 is 0 Å². The van der Waals surface area contributed by atoms with Crippen LogP contribution in [0.2, 0.25) is 0 Å². The number of fused-ring (bicyclic) bond motifs is 1. The van der Waals surface area contributed by atoms with Crippen LogP contribution in [-0.2, 0) is 6.42 Å². The second-order valence-electron chi connectivity index (χ2n) is 4.84. The van der Waals surface area contributed by atoms with E-state index in [1.807, 2.05) is 19.1 Å². The summed E-state index contributed by atoms with van der Waals surface area (Å²) in [6.07, 6.45) is 1.78. The Morgan fingerprint density at radius 1 is 1.55 bits per heavy atom. The lowest BCUT2D eigenvalue weighted by Gasteiger charge is -2.15. The Morgan fingerprint density at radius 3 is 3.00 bits per heavy atom. The zero-order chi connectivity index (χ0) is 14.3. The second-order valence-corrected chi connectivity index (χ2v) is 5.93. The highest BCUT2D eigenvalue weighted by Gasteiger charge is 2.25. The van der Waals surface area contributed by atoms with Gasteiger partial charge in [0.05, 0.1) is 12.0 Å². The lowest BCUT2D eigenvalue weighted by Crippen LogP contribution is -2.05. The van der Waals surface area contributed by atoms with Gasteiger partial charge in [0.25, 0.3) is 0 Å². The fourth-order valence-corrected chi connectivity index (χ4v) is 3.12. The van der Waals surface area contributed by atoms with Crippen LogP contribution in [-0.4, -0.2) is 23.3 Å². The highest BCUT2D eigenvalue weighted by Crippen LogP contribution is 2.40. The van der Waals surface area contributed by atoms with Gasteiger partial charge in [-0.25, -0.2) is 4.98 Å². The molecular weight excluding hydrogens is 276 g/mol. The van der Waals surface area contributed by atoms with Crippen molar-refractivity contribution in [2.45, 2.75) is 25.6 Å². The topological polar surface area (TPSA) is 77.6 Å². The smallest absolute Gasteiger partial charge is 0.180 e. The number of hydrogen-bond donors (Lipinski definition) is 2. The maximum absolute atomic E-state index is 10.5. The van der Waals surface area contributed by atoms with E-state index in [0.717, 1.165) is 17.7 Å². The van der Waals surface area contributed by atoms with Crippen LogP contribution < -0.4 is 15.2 Å². The van der Waals surface area contributed by atoms with Crippen LogP contribution in [0.4, 0.5) is 5.13 Å². The number of ether oxygens (including phenoxy) is 2. The third-order valence-corrected chi connectivity index (χ3v) is 4.23. The maximum atomic E-state index is 10.5. The number of benzene rings is 1. The number of methoxy groups -OCH3 is 1. The number of anilines is 1. The van der Waals surface area contributed by atoms with Crippen LogP contribution in [0.5, 0.6) is 11.5 Å². The number of nitrogens with zero attached hydrogens (tertiary/aromatic N) is 1. The largest absolute Gasteiger partial charge is 0.496 e. The highest BCUT2D eigenvalue weighted by molar-refractivity contribution is 7.15. The van der Waals surface area contributed by atoms with Gasteiger partial charge >= 0.3 is 0 Å². The molecule has 0 saturated heterocycles. The van der Waals surface area contributed by atoms with Crippen molar-refractivity contribution in [3.05, 3.63) is 34.3 Å². The number of aliphatic hydroxyl groups is 1. The van der Waals surface area contributed by atoms with Gasteiger partial charge in [0.2, 0.25) is 0 Å². The molecule has 0 radical (unpaired) electrons. The summed E-state index contributed by atoms with van der Waals surface area (Å²) in [6, 6.07) is 3.78. The first kappa shape index (κ1) is 13.2. The van der Waals surface area contributed by atoms with Crippen molar-refractivity contribution in [1.29, 1.82) is 0 Å². The van der Waals surface area contributed by atoms with Crippen LogP contribution >= 0.6 is 11.3 Å². The molecule has 0 aliphatic carbocycles. The molecule has 20 heavy (non-hydrogen) atoms. The lowest BCUT2D eigenvalue weighted by atomic mass is 10.0. The molecular formula is C14H16N2O3S. The minimum atomic E-state index is -0.815. The van der Waals surface area contributed by atoms with Crippen LogP contribution in [0.25, 0.3) is 0 Å². The van der Waals surface area contributed by atoms with Gasteiger partial charge < -0.3 is 20.3 Å². The molecule has 3 N–H and O–H groups in total. The molecule has 2 unspecified atom stereocenters. The minimum Gasteiger partial charge on any atom is -0.496 e. The summed E-state index contributed by atoms with van der Waals surface area (Å²) in [5, 5.41) is 10.9. The molecule has 2 aromatic rings. The Hall–Kier alpha value is -1.79. The van der Waals surface area contributed by atoms with E-state index < -0.39 is 6.10 Å². The van der Waals surface area contributed by atoms with Crippen LogP contribution in [0.3, 0.4) is 0 Å². The van der Waals surface area contributed by atoms with E-state index in [1.54, 1.807) is 13.3 Å². The fourth-order valence-electron chi connectivity index (χ4n) is 2.43. The van der Waals surface area contributed by atoms with Gasteiger partial charge in [-0.15, -0.1) is 0 Å². The van der Waals surface area contributed by atoms with Gasteiger partial charge in [-0.2, -0.15) is 0 Å². The Kier molecular flexibility index (Phi) is 3.27. The highest BCUT2D eigenvalue weighted by atomic mass is 32.1. The van der Waals surface area contributed by atoms with E-state index in [1.165, 1.54) is 11.3 Å². The normalized spacial score (nSPS) is 18.4. The van der Waals surface area contributed by atoms with E-state index in [-0.39, 0.29) is 6.10 Å². The Morgan fingerprint density at radius 2 is 2.35 bits per heavy atom. The summed E-state index contributed by atoms with van der Waals surface area (Å²) < 4.78 is 11.1. The molecule has 0 bridgehead atoms. The van der Waals surface area contributed by atoms with Crippen molar-refractivity contribution >= 4 is 16.5 Å². The summed E-state index contributed by atoms with van der Waals surface area (Å²) in [7, 11) is 1.60. The zero-order valence-corrected chi connectivity index (χ0v) is 12.1. The van der Waals surface area contributed by atoms with Crippen molar-refractivity contribution in [1.82, 2.24) is 4.98 Å². The molecule has 0 amide bonds. The minimum absolute atomic E-state index is 0.154. The molecule has 2 heterocycles. The summed E-state index contributed by atoms with van der Waals surface area (Å²) in [5.74, 6) is 1.46. The quantitative estimate of drug-likeness (QED) is 0.906. The number of nitrogens with two attached hydrogens (primary N) is 1. The van der Waals surface area contributed by atoms with Crippen LogP contribution in [0, 0.1) is 0 Å². The van der Waals surface area contributed by atoms with Gasteiger partial charge in [0.1, 0.15) is 23.7 Å². The molecule has 1 aromatic heterocycles. The van der Waals surface area contributed by atoms with Crippen molar-refractivity contribution in [2.24, 2.45) is 0 Å². The molecule has 0 spiro atoms. The Labute approximate surface area is 121 Å². The zero-order valence-electron chi connectivity index (χ0n) is 11.3. The molecule has 5 nitrogen and oxygen atoms in total. The third-order valence-electron chi connectivity index (χ3n) is 3.35. The summed E-state index contributed by atoms with van der Waals surface area (Å²) in [4.78, 5) is 4.65. The monoisotopic (exact) mass is 292 g/mol. The predicted molar refractivity (Wildman–Crippen MR) is 77.4 cm³/mol. The first-order valence-corrected chi connectivity index (χ1v) is 7.17. The number of aliphatic hydroxyl groups excluding tert-OH is 1. The summed E-state index contributed by atoms with van der Waals surface area (Å²) >= 11 is 1.26. The number of hydrogen-bond acceptors (Lipinski definition) is 6. The predicted octanol–water partition coefficient (Wildman–Crippen LogP) is 2.14. The second kappa shape index (κ2) is 4.96. The Balaban J connectivity index is 2.02. The van der Waals surface area contributed by atoms with E-state index in [0.29, 0.717) is 21.3 Å². The molecule has 1 aliphatic heterocycles. The van der Waals surface area contributed by atoms with Crippen molar-refractivity contribution < 1.29 is 14.6 Å². The van der Waals surface area contributed by atoms with E-state index in [2.05, 4.69) is 4.98 Å². The van der Waals surface area contributed by atoms with E-state index in [9.17, 15) is 5.11 Å². The molecule has 1 aromatic carbocycles. The number of rotatable bonds is 3. The first-order valence-electron chi connectivity index (χ1n) is 6.35. The van der Waals surface area contributed by atoms with Crippen molar-refractivity contribution in [3.63, 3.8) is 0 Å². The lowest BCUT2D eigenvalue weighted by molar-refractivity contribution is 0.216. The summed E-state index contributed by atoms with van der Waals surface area (Å²) in [5.41, 5.74) is 7.39. The van der Waals surface area contributed by atoms with E-state index in [4.69, 9.17) is 15.2 Å². The standard InChI is InChI=1S/C14H16N2O3S/c1-7-3-8-4-11(18-2)9(5-10(8)19-7)13(17)12-6-16-14(15)20-12/h4-7,13,17H,3H2,1-2H3,(H2,15,16). The molecule has 6 heteroatoms. The van der Waals surface area contributed by atoms with Gasteiger partial charge in [0.15, 0.2) is 5.13 Å². The van der Waals surface area contributed by atoms with Gasteiger partial charge in [-0.3, -0.25) is 0 Å². The average molecular weight is 292 g/mol. The Bertz CT molecular complexity index is 641. The molecule has 106 valence electrons.